The zero-order valence-electron chi connectivity index (χ0n) is 17.5. The van der Waals surface area contributed by atoms with Crippen molar-refractivity contribution in [2.24, 2.45) is 0 Å². The lowest BCUT2D eigenvalue weighted by molar-refractivity contribution is 0.0790. The Balaban J connectivity index is 1.55. The maximum atomic E-state index is 13.1. The number of hydrogen-bond donors (Lipinski definition) is 0. The standard InChI is InChI=1S/C23H24BrN3O4/c1-15-3-5-16(6-4-15)13-27-14-20(24)21-19(22(27)28)11-18(12-25-21)31-17-7-9-26(10-8-17)23(29)30-2/h3-6,11-12,14,17H,7-10,13H2,1-2H3. The van der Waals surface area contributed by atoms with E-state index in [1.165, 1.54) is 12.7 Å². The molecule has 7 nitrogen and oxygen atoms in total. The van der Waals surface area contributed by atoms with Crippen molar-refractivity contribution in [1.29, 1.82) is 0 Å². The molecular weight excluding hydrogens is 462 g/mol. The molecule has 162 valence electrons. The van der Waals surface area contributed by atoms with Gasteiger partial charge in [-0.25, -0.2) is 4.79 Å². The Bertz CT molecular complexity index is 1150. The Hall–Kier alpha value is -2.87. The number of piperidine rings is 1. The van der Waals surface area contributed by atoms with Gasteiger partial charge in [-0.15, -0.1) is 0 Å². The Morgan fingerprint density at radius 3 is 2.61 bits per heavy atom. The minimum Gasteiger partial charge on any atom is -0.489 e. The average Bonchev–Trinajstić information content (AvgIpc) is 2.78. The highest BCUT2D eigenvalue weighted by Crippen LogP contribution is 2.25. The number of amides is 1. The molecule has 1 aromatic carbocycles. The normalized spacial score (nSPS) is 14.6. The van der Waals surface area contributed by atoms with Gasteiger partial charge in [0, 0.05) is 32.1 Å². The molecule has 4 rings (SSSR count). The first-order valence-corrected chi connectivity index (χ1v) is 11.0. The van der Waals surface area contributed by atoms with Crippen LogP contribution in [-0.2, 0) is 11.3 Å². The third-order valence-electron chi connectivity index (χ3n) is 5.50. The third kappa shape index (κ3) is 4.74. The van der Waals surface area contributed by atoms with Crippen molar-refractivity contribution in [2.75, 3.05) is 20.2 Å². The predicted molar refractivity (Wildman–Crippen MR) is 122 cm³/mol. The quantitative estimate of drug-likeness (QED) is 0.555. The molecule has 8 heteroatoms. The van der Waals surface area contributed by atoms with E-state index < -0.39 is 0 Å². The third-order valence-corrected chi connectivity index (χ3v) is 6.08. The van der Waals surface area contributed by atoms with Gasteiger partial charge in [0.2, 0.25) is 0 Å². The second kappa shape index (κ2) is 9.09. The molecule has 0 radical (unpaired) electrons. The summed E-state index contributed by atoms with van der Waals surface area (Å²) in [5.41, 5.74) is 2.73. The number of benzene rings is 1. The van der Waals surface area contributed by atoms with Gasteiger partial charge in [-0.1, -0.05) is 29.8 Å². The zero-order valence-corrected chi connectivity index (χ0v) is 19.1. The van der Waals surface area contributed by atoms with Crippen LogP contribution in [0.3, 0.4) is 0 Å². The van der Waals surface area contributed by atoms with Crippen LogP contribution < -0.4 is 10.3 Å². The van der Waals surface area contributed by atoms with Crippen LogP contribution in [0.25, 0.3) is 10.9 Å². The SMILES string of the molecule is COC(=O)N1CCC(Oc2cnc3c(Br)cn(Cc4ccc(C)cc4)c(=O)c3c2)CC1. The zero-order chi connectivity index (χ0) is 22.0. The van der Waals surface area contributed by atoms with Crippen molar-refractivity contribution in [2.45, 2.75) is 32.4 Å². The number of carbonyl (C=O) groups excluding carboxylic acids is 1. The van der Waals surface area contributed by atoms with Crippen LogP contribution in [0.2, 0.25) is 0 Å². The fourth-order valence-electron chi connectivity index (χ4n) is 3.76. The molecule has 2 aromatic heterocycles. The monoisotopic (exact) mass is 485 g/mol. The summed E-state index contributed by atoms with van der Waals surface area (Å²) in [6.07, 6.45) is 4.46. The molecular formula is C23H24BrN3O4. The van der Waals surface area contributed by atoms with Gasteiger partial charge in [0.15, 0.2) is 0 Å². The number of aryl methyl sites for hydroxylation is 1. The number of pyridine rings is 2. The van der Waals surface area contributed by atoms with Gasteiger partial charge < -0.3 is 18.9 Å². The Morgan fingerprint density at radius 1 is 1.23 bits per heavy atom. The number of likely N-dealkylation sites (tertiary alicyclic amines) is 1. The Labute approximate surface area is 188 Å². The van der Waals surface area contributed by atoms with Crippen molar-refractivity contribution < 1.29 is 14.3 Å². The highest BCUT2D eigenvalue weighted by molar-refractivity contribution is 9.10. The molecule has 0 spiro atoms. The molecule has 1 amide bonds. The molecule has 0 bridgehead atoms. The number of halogens is 1. The van der Waals surface area contributed by atoms with Gasteiger partial charge in [0.25, 0.3) is 5.56 Å². The van der Waals surface area contributed by atoms with Crippen molar-refractivity contribution in [3.05, 3.63) is 68.7 Å². The summed E-state index contributed by atoms with van der Waals surface area (Å²) in [6, 6.07) is 9.88. The van der Waals surface area contributed by atoms with E-state index in [2.05, 4.69) is 20.9 Å². The van der Waals surface area contributed by atoms with Gasteiger partial charge in [-0.3, -0.25) is 9.78 Å². The number of ether oxygens (including phenoxy) is 2. The maximum absolute atomic E-state index is 13.1. The van der Waals surface area contributed by atoms with Crippen LogP contribution in [0.15, 0.2) is 52.0 Å². The molecule has 1 aliphatic rings. The molecule has 0 saturated carbocycles. The number of nitrogens with zero attached hydrogens (tertiary/aromatic N) is 3. The molecule has 1 aliphatic heterocycles. The molecule has 3 heterocycles. The van der Waals surface area contributed by atoms with Gasteiger partial charge in [-0.05, 0) is 34.5 Å². The van der Waals surface area contributed by atoms with E-state index >= 15 is 0 Å². The minimum atomic E-state index is -0.315. The Morgan fingerprint density at radius 2 is 1.94 bits per heavy atom. The summed E-state index contributed by atoms with van der Waals surface area (Å²) in [4.78, 5) is 30.9. The van der Waals surface area contributed by atoms with E-state index in [4.69, 9.17) is 9.47 Å². The van der Waals surface area contributed by atoms with Crippen LogP contribution in [0, 0.1) is 6.92 Å². The highest BCUT2D eigenvalue weighted by Gasteiger charge is 2.24. The van der Waals surface area contributed by atoms with Crippen LogP contribution in [0.1, 0.15) is 24.0 Å². The molecule has 0 N–H and O–H groups in total. The van der Waals surface area contributed by atoms with Crippen molar-refractivity contribution in [3.63, 3.8) is 0 Å². The molecule has 1 fully saturated rings. The molecule has 0 atom stereocenters. The first kappa shape index (κ1) is 21.4. The van der Waals surface area contributed by atoms with Crippen molar-refractivity contribution >= 4 is 32.9 Å². The van der Waals surface area contributed by atoms with Crippen molar-refractivity contribution in [3.8, 4) is 5.75 Å². The molecule has 3 aromatic rings. The lowest BCUT2D eigenvalue weighted by Gasteiger charge is -2.31. The predicted octanol–water partition coefficient (Wildman–Crippen LogP) is 4.13. The number of rotatable bonds is 4. The summed E-state index contributed by atoms with van der Waals surface area (Å²) in [5, 5.41) is 0.506. The van der Waals surface area contributed by atoms with E-state index in [-0.39, 0.29) is 17.8 Å². The molecule has 0 aliphatic carbocycles. The fourth-order valence-corrected chi connectivity index (χ4v) is 4.32. The van der Waals surface area contributed by atoms with E-state index in [0.29, 0.717) is 49.1 Å². The van der Waals surface area contributed by atoms with E-state index in [9.17, 15) is 9.59 Å². The second-order valence-corrected chi connectivity index (χ2v) is 8.59. The van der Waals surface area contributed by atoms with Crippen LogP contribution in [-0.4, -0.2) is 46.8 Å². The van der Waals surface area contributed by atoms with Gasteiger partial charge >= 0.3 is 6.09 Å². The first-order valence-electron chi connectivity index (χ1n) is 10.2. The average molecular weight is 486 g/mol. The lowest BCUT2D eigenvalue weighted by Crippen LogP contribution is -2.41. The highest BCUT2D eigenvalue weighted by atomic mass is 79.9. The molecule has 1 saturated heterocycles. The summed E-state index contributed by atoms with van der Waals surface area (Å²) in [6.45, 7) is 3.67. The Kier molecular flexibility index (Phi) is 6.27. The molecule has 0 unspecified atom stereocenters. The lowest BCUT2D eigenvalue weighted by atomic mass is 10.1. The summed E-state index contributed by atoms with van der Waals surface area (Å²) in [7, 11) is 1.38. The van der Waals surface area contributed by atoms with Crippen LogP contribution >= 0.6 is 15.9 Å². The van der Waals surface area contributed by atoms with Crippen molar-refractivity contribution in [1.82, 2.24) is 14.5 Å². The summed E-state index contributed by atoms with van der Waals surface area (Å²) in [5.74, 6) is 0.557. The smallest absolute Gasteiger partial charge is 0.409 e. The fraction of sp³-hybridized carbons (Fsp3) is 0.348. The summed E-state index contributed by atoms with van der Waals surface area (Å²) >= 11 is 3.54. The van der Waals surface area contributed by atoms with E-state index in [1.54, 1.807) is 27.9 Å². The minimum absolute atomic E-state index is 0.0397. The number of fused-ring (bicyclic) bond motifs is 1. The largest absolute Gasteiger partial charge is 0.489 e. The number of hydrogen-bond acceptors (Lipinski definition) is 5. The first-order chi connectivity index (χ1) is 14.9. The maximum Gasteiger partial charge on any atom is 0.409 e. The molecule has 31 heavy (non-hydrogen) atoms. The van der Waals surface area contributed by atoms with Gasteiger partial charge in [-0.2, -0.15) is 0 Å². The van der Waals surface area contributed by atoms with Gasteiger partial charge in [0.05, 0.1) is 35.2 Å². The second-order valence-electron chi connectivity index (χ2n) is 7.74. The number of carbonyl (C=O) groups is 1. The topological polar surface area (TPSA) is 73.7 Å². The number of aromatic nitrogens is 2. The summed E-state index contributed by atoms with van der Waals surface area (Å²) < 4.78 is 13.3. The van der Waals surface area contributed by atoms with Gasteiger partial charge in [0.1, 0.15) is 11.9 Å². The van der Waals surface area contributed by atoms with E-state index in [0.717, 1.165) is 10.0 Å². The number of methoxy groups -OCH3 is 1. The van der Waals surface area contributed by atoms with Crippen LogP contribution in [0.5, 0.6) is 5.75 Å². The van der Waals surface area contributed by atoms with Crippen LogP contribution in [0.4, 0.5) is 4.79 Å². The van der Waals surface area contributed by atoms with E-state index in [1.807, 2.05) is 31.2 Å².